The molecule has 1 amide bonds. The van der Waals surface area contributed by atoms with E-state index in [1.807, 2.05) is 26.0 Å². The van der Waals surface area contributed by atoms with E-state index in [4.69, 9.17) is 0 Å². The Balaban J connectivity index is 1.59. The van der Waals surface area contributed by atoms with Gasteiger partial charge in [-0.15, -0.1) is 0 Å². The number of carbonyl (C=O) groups is 1. The standard InChI is InChI=1S/C23H23F2N5O2/c1-3-19(31)17-6-12(2)15(11-27-17)14-7-13-10-28-20(29-22(32)16-9-23(16,24)25)8-18(13)30-5-4-26-21(14)30/h6-8,10-11,16,19,26,31H,3-5,9H2,1-2H3/t16?,19-/m1/s1. The predicted molar refractivity (Wildman–Crippen MR) is 114 cm³/mol. The SMILES string of the molecule is CC[C@@H](O)c1cc(C)c(-c2cc3cnc(=NC(=O)C4CC4(F)F)cc-3n3c2NCC3)cn1. The fourth-order valence-corrected chi connectivity index (χ4v) is 4.18. The minimum atomic E-state index is -2.94. The predicted octanol–water partition coefficient (Wildman–Crippen LogP) is 3.31. The maximum absolute atomic E-state index is 13.2. The van der Waals surface area contributed by atoms with Crippen LogP contribution in [-0.2, 0) is 11.3 Å². The first kappa shape index (κ1) is 20.7. The number of nitrogens with zero attached hydrogens (tertiary/aromatic N) is 4. The highest BCUT2D eigenvalue weighted by molar-refractivity contribution is 5.85. The number of rotatable bonds is 4. The quantitative estimate of drug-likeness (QED) is 0.651. The Morgan fingerprint density at radius 3 is 2.78 bits per heavy atom. The van der Waals surface area contributed by atoms with Crippen molar-refractivity contribution in [2.24, 2.45) is 10.9 Å². The van der Waals surface area contributed by atoms with Crippen molar-refractivity contribution in [1.82, 2.24) is 14.5 Å². The summed E-state index contributed by atoms with van der Waals surface area (Å²) in [6.07, 6.45) is 2.94. The summed E-state index contributed by atoms with van der Waals surface area (Å²) in [5.41, 5.74) is 5.33. The molecule has 1 aliphatic carbocycles. The highest BCUT2D eigenvalue weighted by atomic mass is 19.3. The molecule has 0 spiro atoms. The van der Waals surface area contributed by atoms with Crippen LogP contribution in [0.25, 0.3) is 22.4 Å². The zero-order chi connectivity index (χ0) is 22.6. The lowest BCUT2D eigenvalue weighted by Crippen LogP contribution is -2.16. The van der Waals surface area contributed by atoms with E-state index in [1.54, 1.807) is 18.5 Å². The van der Waals surface area contributed by atoms with Crippen LogP contribution >= 0.6 is 0 Å². The lowest BCUT2D eigenvalue weighted by Gasteiger charge is -2.19. The minimum absolute atomic E-state index is 0.135. The van der Waals surface area contributed by atoms with Gasteiger partial charge in [-0.25, -0.2) is 13.8 Å². The van der Waals surface area contributed by atoms with Crippen LogP contribution in [0.5, 0.6) is 0 Å². The first-order valence-electron chi connectivity index (χ1n) is 10.7. The average molecular weight is 439 g/mol. The average Bonchev–Trinajstić information content (AvgIpc) is 3.18. The van der Waals surface area contributed by atoms with Crippen LogP contribution in [0.2, 0.25) is 0 Å². The van der Waals surface area contributed by atoms with Gasteiger partial charge < -0.3 is 15.0 Å². The number of pyridine rings is 3. The number of alkyl halides is 2. The molecular weight excluding hydrogens is 416 g/mol. The van der Waals surface area contributed by atoms with Crippen molar-refractivity contribution in [3.05, 3.63) is 47.3 Å². The molecular formula is C23H23F2N5O2. The Labute approximate surface area is 183 Å². The van der Waals surface area contributed by atoms with Gasteiger partial charge >= 0.3 is 0 Å². The molecule has 1 saturated carbocycles. The molecule has 166 valence electrons. The van der Waals surface area contributed by atoms with Crippen molar-refractivity contribution in [2.45, 2.75) is 45.3 Å². The van der Waals surface area contributed by atoms with E-state index in [0.717, 1.165) is 40.3 Å². The van der Waals surface area contributed by atoms with Crippen molar-refractivity contribution in [2.75, 3.05) is 11.9 Å². The van der Waals surface area contributed by atoms with Gasteiger partial charge in [-0.05, 0) is 31.0 Å². The van der Waals surface area contributed by atoms with Gasteiger partial charge in [0, 0.05) is 54.7 Å². The van der Waals surface area contributed by atoms with Crippen LogP contribution in [0.15, 0.2) is 35.6 Å². The largest absolute Gasteiger partial charge is 0.387 e. The Bertz CT molecular complexity index is 1270. The molecule has 4 aliphatic rings. The number of aryl methyl sites for hydroxylation is 1. The van der Waals surface area contributed by atoms with E-state index < -0.39 is 30.3 Å². The molecule has 3 aliphatic heterocycles. The van der Waals surface area contributed by atoms with Gasteiger partial charge in [-0.1, -0.05) is 6.92 Å². The lowest BCUT2D eigenvalue weighted by molar-refractivity contribution is -0.121. The molecule has 9 heteroatoms. The van der Waals surface area contributed by atoms with Crippen LogP contribution in [0.3, 0.4) is 0 Å². The summed E-state index contributed by atoms with van der Waals surface area (Å²) in [4.78, 5) is 24.5. The first-order valence-corrected chi connectivity index (χ1v) is 10.7. The smallest absolute Gasteiger partial charge is 0.260 e. The van der Waals surface area contributed by atoms with E-state index in [0.29, 0.717) is 18.7 Å². The maximum Gasteiger partial charge on any atom is 0.260 e. The zero-order valence-electron chi connectivity index (χ0n) is 17.8. The van der Waals surface area contributed by atoms with Gasteiger partial charge in [0.2, 0.25) is 0 Å². The molecule has 0 aromatic carbocycles. The van der Waals surface area contributed by atoms with Gasteiger partial charge in [-0.3, -0.25) is 9.78 Å². The first-order chi connectivity index (χ1) is 15.3. The summed E-state index contributed by atoms with van der Waals surface area (Å²) >= 11 is 0. The summed E-state index contributed by atoms with van der Waals surface area (Å²) in [6, 6.07) is 5.56. The summed E-state index contributed by atoms with van der Waals surface area (Å²) in [5.74, 6) is -4.19. The molecule has 2 N–H and O–H groups in total. The fraction of sp³-hybridized carbons (Fsp3) is 0.391. The minimum Gasteiger partial charge on any atom is -0.387 e. The highest BCUT2D eigenvalue weighted by Gasteiger charge is 2.61. The van der Waals surface area contributed by atoms with Crippen LogP contribution in [-0.4, -0.2) is 38.0 Å². The van der Waals surface area contributed by atoms with Crippen LogP contribution in [0.4, 0.5) is 14.6 Å². The highest BCUT2D eigenvalue weighted by Crippen LogP contribution is 2.49. The maximum atomic E-state index is 13.2. The van der Waals surface area contributed by atoms with Crippen molar-refractivity contribution >= 4 is 11.7 Å². The van der Waals surface area contributed by atoms with Crippen LogP contribution in [0.1, 0.15) is 37.1 Å². The molecule has 32 heavy (non-hydrogen) atoms. The van der Waals surface area contributed by atoms with Gasteiger partial charge in [0.25, 0.3) is 11.8 Å². The number of nitrogens with one attached hydrogen (secondary N) is 1. The Morgan fingerprint density at radius 2 is 2.09 bits per heavy atom. The molecule has 1 unspecified atom stereocenters. The molecule has 0 radical (unpaired) electrons. The second-order valence-corrected chi connectivity index (χ2v) is 8.40. The summed E-state index contributed by atoms with van der Waals surface area (Å²) in [6.45, 7) is 5.33. The number of halogens is 2. The van der Waals surface area contributed by atoms with E-state index in [1.165, 1.54) is 0 Å². The van der Waals surface area contributed by atoms with Crippen LogP contribution < -0.4 is 10.8 Å². The number of aliphatic hydroxyl groups excluding tert-OH is 1. The summed E-state index contributed by atoms with van der Waals surface area (Å²) in [5, 5.41) is 13.5. The number of aliphatic hydroxyl groups is 1. The summed E-state index contributed by atoms with van der Waals surface area (Å²) < 4.78 is 28.4. The van der Waals surface area contributed by atoms with E-state index >= 15 is 0 Å². The topological polar surface area (TPSA) is 92.4 Å². The number of anilines is 1. The molecule has 0 bridgehead atoms. The molecule has 5 rings (SSSR count). The molecule has 1 fully saturated rings. The van der Waals surface area contributed by atoms with E-state index in [2.05, 4.69) is 24.8 Å². The van der Waals surface area contributed by atoms with Gasteiger partial charge in [0.15, 0.2) is 5.49 Å². The third-order valence-electron chi connectivity index (χ3n) is 6.14. The molecule has 1 aromatic rings. The third kappa shape index (κ3) is 3.46. The van der Waals surface area contributed by atoms with E-state index in [-0.39, 0.29) is 5.49 Å². The number of amides is 1. The van der Waals surface area contributed by atoms with Crippen molar-refractivity contribution in [1.29, 1.82) is 0 Å². The lowest BCUT2D eigenvalue weighted by atomic mass is 9.98. The number of hydrogen-bond acceptors (Lipinski definition) is 5. The van der Waals surface area contributed by atoms with Crippen molar-refractivity contribution < 1.29 is 18.7 Å². The number of fused-ring (bicyclic) bond motifs is 3. The molecule has 7 nitrogen and oxygen atoms in total. The second-order valence-electron chi connectivity index (χ2n) is 8.40. The van der Waals surface area contributed by atoms with E-state index in [9.17, 15) is 18.7 Å². The second kappa shape index (κ2) is 7.44. The van der Waals surface area contributed by atoms with Gasteiger partial charge in [0.1, 0.15) is 11.7 Å². The van der Waals surface area contributed by atoms with Gasteiger partial charge in [-0.2, -0.15) is 4.99 Å². The third-order valence-corrected chi connectivity index (χ3v) is 6.14. The fourth-order valence-electron chi connectivity index (χ4n) is 4.18. The Kier molecular flexibility index (Phi) is 4.81. The van der Waals surface area contributed by atoms with Crippen molar-refractivity contribution in [3.63, 3.8) is 0 Å². The number of carbonyl (C=O) groups excluding carboxylic acids is 1. The summed E-state index contributed by atoms with van der Waals surface area (Å²) in [7, 11) is 0. The monoisotopic (exact) mass is 439 g/mol. The van der Waals surface area contributed by atoms with Crippen molar-refractivity contribution in [3.8, 4) is 22.4 Å². The van der Waals surface area contributed by atoms with Crippen LogP contribution in [0, 0.1) is 12.8 Å². The molecule has 0 saturated heterocycles. The Hall–Kier alpha value is -3.20. The molecule has 2 atom stereocenters. The molecule has 4 heterocycles. The molecule has 1 aromatic heterocycles. The Morgan fingerprint density at radius 1 is 1.31 bits per heavy atom. The van der Waals surface area contributed by atoms with Gasteiger partial charge in [0.05, 0.1) is 17.5 Å². The zero-order valence-corrected chi connectivity index (χ0v) is 17.8. The normalized spacial score (nSPS) is 20.2. The number of hydrogen-bond donors (Lipinski definition) is 2. The number of aromatic nitrogens is 3.